The molecule has 2 nitrogen and oxygen atoms in total. The highest BCUT2D eigenvalue weighted by Gasteiger charge is 2.29. The summed E-state index contributed by atoms with van der Waals surface area (Å²) in [4.78, 5) is 12.5. The molecule has 0 heterocycles. The molecule has 21 heavy (non-hydrogen) atoms. The van der Waals surface area contributed by atoms with E-state index < -0.39 is 5.41 Å². The van der Waals surface area contributed by atoms with Crippen molar-refractivity contribution < 1.29 is 4.79 Å². The van der Waals surface area contributed by atoms with Gasteiger partial charge in [-0.3, -0.25) is 4.79 Å². The lowest BCUT2D eigenvalue weighted by Crippen LogP contribution is -2.34. The molecule has 0 aromatic heterocycles. The summed E-state index contributed by atoms with van der Waals surface area (Å²) < 4.78 is 0. The van der Waals surface area contributed by atoms with Crippen molar-refractivity contribution in [1.82, 2.24) is 0 Å². The first-order valence-corrected chi connectivity index (χ1v) is 7.38. The van der Waals surface area contributed by atoms with E-state index in [0.29, 0.717) is 5.92 Å². The van der Waals surface area contributed by atoms with Crippen molar-refractivity contribution >= 4 is 11.6 Å². The Morgan fingerprint density at radius 3 is 2.05 bits per heavy atom. The van der Waals surface area contributed by atoms with Gasteiger partial charge in [-0.1, -0.05) is 56.3 Å². The van der Waals surface area contributed by atoms with Gasteiger partial charge in [0.15, 0.2) is 0 Å². The summed E-state index contributed by atoms with van der Waals surface area (Å²) in [6.07, 6.45) is 0. The van der Waals surface area contributed by atoms with Crippen LogP contribution < -0.4 is 5.32 Å². The summed E-state index contributed by atoms with van der Waals surface area (Å²) in [7, 11) is 0. The predicted molar refractivity (Wildman–Crippen MR) is 88.6 cm³/mol. The third-order valence-corrected chi connectivity index (χ3v) is 3.90. The largest absolute Gasteiger partial charge is 0.325 e. The number of anilines is 1. The van der Waals surface area contributed by atoms with Crippen LogP contribution >= 0.6 is 0 Å². The van der Waals surface area contributed by atoms with Crippen LogP contribution in [0.15, 0.2) is 54.6 Å². The Balaban J connectivity index is 2.14. The van der Waals surface area contributed by atoms with Crippen LogP contribution in [0.2, 0.25) is 0 Å². The predicted octanol–water partition coefficient (Wildman–Crippen LogP) is 4.73. The molecule has 0 bridgehead atoms. The number of carbonyl (C=O) groups is 1. The van der Waals surface area contributed by atoms with Crippen molar-refractivity contribution in [3.8, 4) is 0 Å². The smallest absolute Gasteiger partial charge is 0.234 e. The first kappa shape index (κ1) is 15.3. The van der Waals surface area contributed by atoms with E-state index >= 15 is 0 Å². The van der Waals surface area contributed by atoms with Gasteiger partial charge in [-0.05, 0) is 43.0 Å². The maximum absolute atomic E-state index is 12.5. The van der Waals surface area contributed by atoms with Gasteiger partial charge >= 0.3 is 0 Å². The summed E-state index contributed by atoms with van der Waals surface area (Å²) in [5.41, 5.74) is 2.57. The first-order chi connectivity index (χ1) is 9.91. The van der Waals surface area contributed by atoms with Gasteiger partial charge in [0.2, 0.25) is 5.91 Å². The topological polar surface area (TPSA) is 29.1 Å². The Morgan fingerprint density at radius 1 is 0.952 bits per heavy atom. The number of amides is 1. The van der Waals surface area contributed by atoms with Crippen LogP contribution in [0.4, 0.5) is 5.69 Å². The molecule has 1 amide bonds. The number of hydrogen-bond acceptors (Lipinski definition) is 1. The van der Waals surface area contributed by atoms with Crippen molar-refractivity contribution in [3.05, 3.63) is 65.7 Å². The fourth-order valence-electron chi connectivity index (χ4n) is 2.22. The van der Waals surface area contributed by atoms with Crippen LogP contribution in [0.5, 0.6) is 0 Å². The molecule has 0 aliphatic heterocycles. The van der Waals surface area contributed by atoms with Gasteiger partial charge < -0.3 is 5.32 Å². The van der Waals surface area contributed by atoms with E-state index in [0.717, 1.165) is 11.3 Å². The lowest BCUT2D eigenvalue weighted by Gasteiger charge is -2.24. The van der Waals surface area contributed by atoms with E-state index in [9.17, 15) is 4.79 Å². The fraction of sp³-hybridized carbons (Fsp3) is 0.316. The van der Waals surface area contributed by atoms with Gasteiger partial charge in [-0.15, -0.1) is 0 Å². The van der Waals surface area contributed by atoms with Gasteiger partial charge in [-0.2, -0.15) is 0 Å². The molecular formula is C19H23NO. The molecule has 0 spiro atoms. The van der Waals surface area contributed by atoms with Gasteiger partial charge in [0.25, 0.3) is 0 Å². The maximum Gasteiger partial charge on any atom is 0.234 e. The van der Waals surface area contributed by atoms with Crippen molar-refractivity contribution in [3.63, 3.8) is 0 Å². The molecule has 0 aliphatic carbocycles. The van der Waals surface area contributed by atoms with E-state index in [2.05, 4.69) is 31.3 Å². The minimum absolute atomic E-state index is 0.00555. The molecule has 0 saturated carbocycles. The average molecular weight is 281 g/mol. The minimum Gasteiger partial charge on any atom is -0.325 e. The Morgan fingerprint density at radius 2 is 1.52 bits per heavy atom. The van der Waals surface area contributed by atoms with Gasteiger partial charge in [0.1, 0.15) is 0 Å². The molecule has 2 aromatic carbocycles. The van der Waals surface area contributed by atoms with E-state index in [1.807, 2.05) is 56.3 Å². The Bertz CT molecular complexity index is 597. The van der Waals surface area contributed by atoms with E-state index in [-0.39, 0.29) is 5.91 Å². The van der Waals surface area contributed by atoms with Crippen molar-refractivity contribution in [2.24, 2.45) is 0 Å². The number of hydrogen-bond donors (Lipinski definition) is 1. The van der Waals surface area contributed by atoms with Crippen LogP contribution in [0.3, 0.4) is 0 Å². The van der Waals surface area contributed by atoms with Crippen LogP contribution in [0, 0.1) is 0 Å². The van der Waals surface area contributed by atoms with Crippen molar-refractivity contribution in [1.29, 1.82) is 0 Å². The third kappa shape index (κ3) is 3.52. The second-order valence-corrected chi connectivity index (χ2v) is 6.22. The Hall–Kier alpha value is -2.09. The number of benzene rings is 2. The van der Waals surface area contributed by atoms with E-state index in [1.54, 1.807) is 0 Å². The fourth-order valence-corrected chi connectivity index (χ4v) is 2.22. The van der Waals surface area contributed by atoms with Crippen molar-refractivity contribution in [2.75, 3.05) is 5.32 Å². The third-order valence-electron chi connectivity index (χ3n) is 3.90. The second kappa shape index (κ2) is 6.13. The maximum atomic E-state index is 12.5. The molecule has 2 aromatic rings. The van der Waals surface area contributed by atoms with E-state index in [1.165, 1.54) is 5.56 Å². The van der Waals surface area contributed by atoms with Crippen LogP contribution in [-0.4, -0.2) is 5.91 Å². The monoisotopic (exact) mass is 281 g/mol. The molecule has 110 valence electrons. The van der Waals surface area contributed by atoms with Gasteiger partial charge in [-0.25, -0.2) is 0 Å². The van der Waals surface area contributed by atoms with Crippen LogP contribution in [0.1, 0.15) is 44.7 Å². The summed E-state index contributed by atoms with van der Waals surface area (Å²) in [6, 6.07) is 17.9. The lowest BCUT2D eigenvalue weighted by atomic mass is 9.83. The molecule has 1 N–H and O–H groups in total. The van der Waals surface area contributed by atoms with Gasteiger partial charge in [0, 0.05) is 5.69 Å². The summed E-state index contributed by atoms with van der Waals surface area (Å²) in [5.74, 6) is 0.501. The second-order valence-electron chi connectivity index (χ2n) is 6.22. The van der Waals surface area contributed by atoms with Crippen molar-refractivity contribution in [2.45, 2.75) is 39.0 Å². The molecule has 0 unspecified atom stereocenters. The summed E-state index contributed by atoms with van der Waals surface area (Å²) in [5, 5.41) is 3.01. The highest BCUT2D eigenvalue weighted by atomic mass is 16.2. The molecule has 0 fully saturated rings. The SMILES string of the molecule is CC(C)c1ccc(NC(=O)C(C)(C)c2ccccc2)cc1. The molecule has 0 aliphatic rings. The van der Waals surface area contributed by atoms with Gasteiger partial charge in [0.05, 0.1) is 5.41 Å². The molecule has 2 heteroatoms. The number of nitrogens with one attached hydrogen (secondary N) is 1. The minimum atomic E-state index is -0.558. The first-order valence-electron chi connectivity index (χ1n) is 7.38. The zero-order valence-electron chi connectivity index (χ0n) is 13.2. The lowest BCUT2D eigenvalue weighted by molar-refractivity contribution is -0.120. The Labute approximate surface area is 127 Å². The van der Waals surface area contributed by atoms with Crippen LogP contribution in [-0.2, 0) is 10.2 Å². The number of rotatable bonds is 4. The zero-order chi connectivity index (χ0) is 15.5. The number of carbonyl (C=O) groups excluding carboxylic acids is 1. The highest BCUT2D eigenvalue weighted by molar-refractivity contribution is 5.98. The quantitative estimate of drug-likeness (QED) is 0.862. The standard InChI is InChI=1S/C19H23NO/c1-14(2)15-10-12-17(13-11-15)20-18(21)19(3,4)16-8-6-5-7-9-16/h5-14H,1-4H3,(H,20,21). The molecule has 0 radical (unpaired) electrons. The van der Waals surface area contributed by atoms with E-state index in [4.69, 9.17) is 0 Å². The average Bonchev–Trinajstić information content (AvgIpc) is 2.48. The highest BCUT2D eigenvalue weighted by Crippen LogP contribution is 2.25. The summed E-state index contributed by atoms with van der Waals surface area (Å²) in [6.45, 7) is 8.21. The van der Waals surface area contributed by atoms with Crippen LogP contribution in [0.25, 0.3) is 0 Å². The molecule has 0 saturated heterocycles. The molecular weight excluding hydrogens is 258 g/mol. The Kier molecular flexibility index (Phi) is 4.46. The molecule has 0 atom stereocenters. The molecule has 2 rings (SSSR count). The zero-order valence-corrected chi connectivity index (χ0v) is 13.2. The normalized spacial score (nSPS) is 11.5. The summed E-state index contributed by atoms with van der Waals surface area (Å²) >= 11 is 0.